The molecule has 20 heavy (non-hydrogen) atoms. The van der Waals surface area contributed by atoms with E-state index in [1.54, 1.807) is 24.3 Å². The fraction of sp³-hybridized carbons (Fsp3) is 0.308. The summed E-state index contributed by atoms with van der Waals surface area (Å²) in [6.45, 7) is 1.39. The van der Waals surface area contributed by atoms with E-state index in [2.05, 4.69) is 5.10 Å². The van der Waals surface area contributed by atoms with Crippen LogP contribution < -0.4 is 0 Å². The van der Waals surface area contributed by atoms with Crippen molar-refractivity contribution in [1.29, 1.82) is 0 Å². The summed E-state index contributed by atoms with van der Waals surface area (Å²) < 4.78 is 38.9. The number of benzene rings is 1. The third-order valence-electron chi connectivity index (χ3n) is 3.08. The van der Waals surface area contributed by atoms with Gasteiger partial charge in [-0.25, -0.2) is 0 Å². The van der Waals surface area contributed by atoms with Crippen molar-refractivity contribution in [3.63, 3.8) is 0 Å². The molecule has 0 bridgehead atoms. The molecule has 0 aliphatic rings. The van der Waals surface area contributed by atoms with Gasteiger partial charge in [0.1, 0.15) is 11.3 Å². The van der Waals surface area contributed by atoms with E-state index in [1.165, 1.54) is 14.0 Å². The van der Waals surface area contributed by atoms with Crippen LogP contribution in [0.3, 0.4) is 0 Å². The van der Waals surface area contributed by atoms with Gasteiger partial charge in [0, 0.05) is 12.1 Å². The minimum atomic E-state index is -4.52. The Bertz CT molecular complexity index is 618. The van der Waals surface area contributed by atoms with Crippen LogP contribution in [0, 0.1) is 0 Å². The zero-order chi connectivity index (χ0) is 15.1. The average Bonchev–Trinajstić information content (AvgIpc) is 2.72. The molecule has 0 fully saturated rings. The first kappa shape index (κ1) is 14.9. The normalized spacial score (nSPS) is 15.2. The summed E-state index contributed by atoms with van der Waals surface area (Å²) in [6, 6.07) is 7.04. The van der Waals surface area contributed by atoms with Crippen molar-refractivity contribution in [3.8, 4) is 0 Å². The Morgan fingerprint density at radius 3 is 2.20 bits per heavy atom. The van der Waals surface area contributed by atoms with E-state index in [0.29, 0.717) is 15.3 Å². The van der Waals surface area contributed by atoms with Crippen LogP contribution in [0.2, 0.25) is 5.02 Å². The second-order valence-electron chi connectivity index (χ2n) is 4.62. The molecular weight excluding hydrogens is 293 g/mol. The Morgan fingerprint density at radius 2 is 1.75 bits per heavy atom. The fourth-order valence-electron chi connectivity index (χ4n) is 1.89. The molecule has 0 aliphatic carbocycles. The predicted octanol–water partition coefficient (Wildman–Crippen LogP) is 3.35. The van der Waals surface area contributed by atoms with Crippen LogP contribution in [0.5, 0.6) is 0 Å². The number of aliphatic hydroxyl groups is 1. The summed E-state index contributed by atoms with van der Waals surface area (Å²) in [7, 11) is 1.18. The third kappa shape index (κ3) is 2.66. The Kier molecular flexibility index (Phi) is 3.56. The highest BCUT2D eigenvalue weighted by molar-refractivity contribution is 6.30. The smallest absolute Gasteiger partial charge is 0.379 e. The second kappa shape index (κ2) is 4.79. The lowest BCUT2D eigenvalue weighted by Gasteiger charge is -2.21. The van der Waals surface area contributed by atoms with Gasteiger partial charge in [0.25, 0.3) is 0 Å². The minimum Gasteiger partial charge on any atom is -0.379 e. The zero-order valence-electron chi connectivity index (χ0n) is 10.7. The minimum absolute atomic E-state index is 0.0744. The van der Waals surface area contributed by atoms with Gasteiger partial charge in [-0.15, -0.1) is 0 Å². The first-order valence-electron chi connectivity index (χ1n) is 5.72. The van der Waals surface area contributed by atoms with E-state index in [9.17, 15) is 18.3 Å². The number of rotatable bonds is 2. The Balaban J connectivity index is 2.47. The molecular formula is C13H12ClF3N2O. The lowest BCUT2D eigenvalue weighted by molar-refractivity contribution is -0.143. The average molecular weight is 305 g/mol. The lowest BCUT2D eigenvalue weighted by atomic mass is 9.92. The van der Waals surface area contributed by atoms with Crippen LogP contribution >= 0.6 is 11.6 Å². The van der Waals surface area contributed by atoms with Gasteiger partial charge in [-0.1, -0.05) is 23.7 Å². The summed E-state index contributed by atoms with van der Waals surface area (Å²) in [4.78, 5) is 0. The van der Waals surface area contributed by atoms with Crippen LogP contribution in [0.15, 0.2) is 30.3 Å². The van der Waals surface area contributed by atoms with E-state index >= 15 is 0 Å². The van der Waals surface area contributed by atoms with Crippen LogP contribution in [0.1, 0.15) is 23.9 Å². The number of aromatic nitrogens is 2. The summed E-state index contributed by atoms with van der Waals surface area (Å²) >= 11 is 5.75. The molecule has 0 saturated carbocycles. The van der Waals surface area contributed by atoms with E-state index < -0.39 is 17.5 Å². The summed E-state index contributed by atoms with van der Waals surface area (Å²) in [5.41, 5.74) is -2.21. The quantitative estimate of drug-likeness (QED) is 0.924. The first-order valence-corrected chi connectivity index (χ1v) is 6.10. The Morgan fingerprint density at radius 1 is 1.20 bits per heavy atom. The number of alkyl halides is 3. The fourth-order valence-corrected chi connectivity index (χ4v) is 2.02. The van der Waals surface area contributed by atoms with Crippen LogP contribution in [0.4, 0.5) is 13.2 Å². The summed E-state index contributed by atoms with van der Waals surface area (Å²) in [5.74, 6) is 0. The largest absolute Gasteiger partial charge is 0.433 e. The third-order valence-corrected chi connectivity index (χ3v) is 3.33. The molecule has 1 aromatic carbocycles. The van der Waals surface area contributed by atoms with Gasteiger partial charge in [-0.2, -0.15) is 18.3 Å². The molecule has 0 saturated heterocycles. The topological polar surface area (TPSA) is 38.0 Å². The summed E-state index contributed by atoms with van der Waals surface area (Å²) in [6.07, 6.45) is -4.52. The maximum absolute atomic E-state index is 12.7. The van der Waals surface area contributed by atoms with Crippen LogP contribution in [-0.4, -0.2) is 14.9 Å². The number of halogens is 4. The van der Waals surface area contributed by atoms with Gasteiger partial charge in [0.05, 0.1) is 5.69 Å². The molecule has 1 N–H and O–H groups in total. The second-order valence-corrected chi connectivity index (χ2v) is 5.05. The van der Waals surface area contributed by atoms with Crippen LogP contribution in [-0.2, 0) is 18.8 Å². The van der Waals surface area contributed by atoms with Gasteiger partial charge in [-0.3, -0.25) is 4.68 Å². The molecule has 0 amide bonds. The maximum atomic E-state index is 12.7. The molecule has 1 unspecified atom stereocenters. The first-order chi connectivity index (χ1) is 9.12. The van der Waals surface area contributed by atoms with Gasteiger partial charge >= 0.3 is 6.18 Å². The molecule has 2 aromatic rings. The highest BCUT2D eigenvalue weighted by Gasteiger charge is 2.38. The molecule has 1 atom stereocenters. The molecule has 2 rings (SSSR count). The van der Waals surface area contributed by atoms with Crippen LogP contribution in [0.25, 0.3) is 0 Å². The van der Waals surface area contributed by atoms with Gasteiger partial charge in [-0.05, 0) is 30.7 Å². The molecule has 3 nitrogen and oxygen atoms in total. The van der Waals surface area contributed by atoms with E-state index in [0.717, 1.165) is 6.07 Å². The van der Waals surface area contributed by atoms with Gasteiger partial charge in [0.15, 0.2) is 0 Å². The number of hydrogen-bond acceptors (Lipinski definition) is 2. The van der Waals surface area contributed by atoms with Crippen molar-refractivity contribution in [2.24, 2.45) is 7.05 Å². The highest BCUT2D eigenvalue weighted by atomic mass is 35.5. The van der Waals surface area contributed by atoms with E-state index in [4.69, 9.17) is 11.6 Å². The maximum Gasteiger partial charge on any atom is 0.433 e. The highest BCUT2D eigenvalue weighted by Crippen LogP contribution is 2.34. The summed E-state index contributed by atoms with van der Waals surface area (Å²) in [5, 5.41) is 14.7. The molecule has 0 radical (unpaired) electrons. The molecule has 0 spiro atoms. The number of aryl methyl sites for hydroxylation is 1. The van der Waals surface area contributed by atoms with E-state index in [1.807, 2.05) is 0 Å². The van der Waals surface area contributed by atoms with E-state index in [-0.39, 0.29) is 5.69 Å². The Labute approximate surface area is 118 Å². The predicted molar refractivity (Wildman–Crippen MR) is 68.3 cm³/mol. The van der Waals surface area contributed by atoms with Gasteiger partial charge in [0.2, 0.25) is 0 Å². The van der Waals surface area contributed by atoms with Crippen molar-refractivity contribution < 1.29 is 18.3 Å². The Hall–Kier alpha value is -1.53. The van der Waals surface area contributed by atoms with Crippen molar-refractivity contribution >= 4 is 11.6 Å². The zero-order valence-corrected chi connectivity index (χ0v) is 11.5. The molecule has 1 heterocycles. The van der Waals surface area contributed by atoms with Crippen molar-refractivity contribution in [1.82, 2.24) is 9.78 Å². The molecule has 7 heteroatoms. The van der Waals surface area contributed by atoms with Crippen molar-refractivity contribution in [2.75, 3.05) is 0 Å². The van der Waals surface area contributed by atoms with Gasteiger partial charge < -0.3 is 5.11 Å². The standard InChI is InChI=1S/C13H12ClF3N2O/c1-12(20,8-3-5-9(14)6-4-8)10-7-11(13(15,16)17)19(2)18-10/h3-7,20H,1-2H3. The lowest BCUT2D eigenvalue weighted by Crippen LogP contribution is -2.23. The molecule has 108 valence electrons. The SMILES string of the molecule is Cn1nc(C(C)(O)c2ccc(Cl)cc2)cc1C(F)(F)F. The molecule has 1 aromatic heterocycles. The van der Waals surface area contributed by atoms with Crippen molar-refractivity contribution in [2.45, 2.75) is 18.7 Å². The number of hydrogen-bond donors (Lipinski definition) is 1. The van der Waals surface area contributed by atoms with Crippen molar-refractivity contribution in [3.05, 3.63) is 52.3 Å². The monoisotopic (exact) mass is 304 g/mol. The molecule has 0 aliphatic heterocycles. The number of nitrogens with zero attached hydrogens (tertiary/aromatic N) is 2.